The molecule has 2 N–H and O–H groups in total. The number of nitrogens with one attached hydrogen (secondary N) is 2. The summed E-state index contributed by atoms with van der Waals surface area (Å²) in [6, 6.07) is 13.6. The molecule has 3 amide bonds. The first-order valence-electron chi connectivity index (χ1n) is 11.0. The number of rotatable bonds is 6. The van der Waals surface area contributed by atoms with Gasteiger partial charge in [-0.3, -0.25) is 4.79 Å². The quantitative estimate of drug-likeness (QED) is 0.498. The molecule has 4 rings (SSSR count). The second-order valence-electron chi connectivity index (χ2n) is 7.81. The smallest absolute Gasteiger partial charge is 0.340 e. The molecule has 3 aromatic rings. The van der Waals surface area contributed by atoms with Crippen LogP contribution in [0.2, 0.25) is 0 Å². The number of aryl methyl sites for hydroxylation is 1. The van der Waals surface area contributed by atoms with Crippen molar-refractivity contribution >= 4 is 40.6 Å². The summed E-state index contributed by atoms with van der Waals surface area (Å²) in [6.07, 6.45) is 1.50. The first-order valence-corrected chi connectivity index (χ1v) is 11.8. The molecular formula is C24H25N5O4S. The maximum atomic E-state index is 13.1. The van der Waals surface area contributed by atoms with Gasteiger partial charge < -0.3 is 20.3 Å². The Morgan fingerprint density at radius 2 is 1.85 bits per heavy atom. The minimum atomic E-state index is -0.496. The predicted molar refractivity (Wildman–Crippen MR) is 129 cm³/mol. The van der Waals surface area contributed by atoms with Crippen LogP contribution in [0.4, 0.5) is 16.2 Å². The number of urea groups is 1. The fourth-order valence-electron chi connectivity index (χ4n) is 3.71. The molecule has 0 saturated carbocycles. The highest BCUT2D eigenvalue weighted by Gasteiger charge is 2.33. The summed E-state index contributed by atoms with van der Waals surface area (Å²) in [6.45, 7) is 4.47. The number of esters is 1. The molecule has 9 nitrogen and oxygen atoms in total. The van der Waals surface area contributed by atoms with Gasteiger partial charge in [-0.15, -0.1) is 10.2 Å². The van der Waals surface area contributed by atoms with Crippen LogP contribution in [-0.2, 0) is 4.74 Å². The van der Waals surface area contributed by atoms with Gasteiger partial charge in [0.25, 0.3) is 5.91 Å². The fourth-order valence-corrected chi connectivity index (χ4v) is 4.60. The Morgan fingerprint density at radius 3 is 2.62 bits per heavy atom. The van der Waals surface area contributed by atoms with E-state index in [1.54, 1.807) is 36.1 Å². The highest BCUT2D eigenvalue weighted by atomic mass is 32.1. The third kappa shape index (κ3) is 5.23. The molecule has 0 spiro atoms. The van der Waals surface area contributed by atoms with Crippen molar-refractivity contribution in [2.24, 2.45) is 0 Å². The molecule has 2 heterocycles. The highest BCUT2D eigenvalue weighted by Crippen LogP contribution is 2.34. The number of benzene rings is 2. The monoisotopic (exact) mass is 479 g/mol. The maximum Gasteiger partial charge on any atom is 0.340 e. The molecule has 176 valence electrons. The van der Waals surface area contributed by atoms with E-state index in [0.717, 1.165) is 12.0 Å². The topological polar surface area (TPSA) is 114 Å². The van der Waals surface area contributed by atoms with Gasteiger partial charge in [0.05, 0.1) is 23.9 Å². The van der Waals surface area contributed by atoms with Gasteiger partial charge in [-0.05, 0) is 51.0 Å². The van der Waals surface area contributed by atoms with Crippen molar-refractivity contribution in [1.82, 2.24) is 15.1 Å². The Hall–Kier alpha value is -3.79. The van der Waals surface area contributed by atoms with E-state index in [1.807, 2.05) is 31.2 Å². The number of ether oxygens (including phenoxy) is 1. The lowest BCUT2D eigenvalue weighted by Gasteiger charge is -2.23. The van der Waals surface area contributed by atoms with E-state index in [9.17, 15) is 14.4 Å². The van der Waals surface area contributed by atoms with Gasteiger partial charge in [-0.1, -0.05) is 41.2 Å². The Morgan fingerprint density at radius 1 is 1.09 bits per heavy atom. The molecule has 0 aliphatic carbocycles. The minimum absolute atomic E-state index is 0.232. The third-order valence-corrected chi connectivity index (χ3v) is 6.43. The number of hydrogen-bond donors (Lipinski definition) is 2. The molecule has 34 heavy (non-hydrogen) atoms. The van der Waals surface area contributed by atoms with Gasteiger partial charge in [0.1, 0.15) is 5.01 Å². The van der Waals surface area contributed by atoms with Crippen LogP contribution >= 0.6 is 11.3 Å². The van der Waals surface area contributed by atoms with E-state index in [0.29, 0.717) is 34.9 Å². The molecular weight excluding hydrogens is 454 g/mol. The maximum absolute atomic E-state index is 13.1. The lowest BCUT2D eigenvalue weighted by molar-refractivity contribution is 0.0527. The van der Waals surface area contributed by atoms with Gasteiger partial charge in [-0.2, -0.15) is 0 Å². The zero-order valence-corrected chi connectivity index (χ0v) is 19.7. The summed E-state index contributed by atoms with van der Waals surface area (Å²) < 4.78 is 5.08. The van der Waals surface area contributed by atoms with Gasteiger partial charge in [0, 0.05) is 12.2 Å². The Kier molecular flexibility index (Phi) is 7.17. The molecule has 1 aliphatic heterocycles. The first-order chi connectivity index (χ1) is 16.5. The molecule has 1 atom stereocenters. The third-order valence-electron chi connectivity index (χ3n) is 5.41. The molecule has 1 aromatic heterocycles. The average Bonchev–Trinajstić information content (AvgIpc) is 3.51. The van der Waals surface area contributed by atoms with E-state index >= 15 is 0 Å². The Bertz CT molecular complexity index is 1190. The number of aromatic nitrogens is 2. The SMILES string of the molecule is CCOC(=O)c1ccccc1NC(=O)N1CCC[C@@H]1c1nnc(C(=O)Nc2ccc(C)cc2)s1. The summed E-state index contributed by atoms with van der Waals surface area (Å²) in [5, 5.41) is 14.7. The van der Waals surface area contributed by atoms with E-state index in [1.165, 1.54) is 11.3 Å². The second kappa shape index (κ2) is 10.4. The summed E-state index contributed by atoms with van der Waals surface area (Å²) in [5.41, 5.74) is 2.45. The van der Waals surface area contributed by atoms with Gasteiger partial charge in [-0.25, -0.2) is 9.59 Å². The van der Waals surface area contributed by atoms with Crippen LogP contribution in [0, 0.1) is 6.92 Å². The predicted octanol–water partition coefficient (Wildman–Crippen LogP) is 4.64. The number of nitrogens with zero attached hydrogens (tertiary/aromatic N) is 3. The van der Waals surface area contributed by atoms with Crippen LogP contribution < -0.4 is 10.6 Å². The van der Waals surface area contributed by atoms with Crippen LogP contribution in [0.3, 0.4) is 0 Å². The largest absolute Gasteiger partial charge is 0.462 e. The van der Waals surface area contributed by atoms with Crippen molar-refractivity contribution in [3.63, 3.8) is 0 Å². The van der Waals surface area contributed by atoms with Gasteiger partial charge in [0.2, 0.25) is 5.01 Å². The van der Waals surface area contributed by atoms with Gasteiger partial charge >= 0.3 is 12.0 Å². The summed E-state index contributed by atoms with van der Waals surface area (Å²) in [5.74, 6) is -0.838. The van der Waals surface area contributed by atoms with Crippen LogP contribution in [-0.4, -0.2) is 46.2 Å². The molecule has 0 radical (unpaired) electrons. The molecule has 1 aliphatic rings. The van der Waals surface area contributed by atoms with Crippen molar-refractivity contribution in [3.05, 3.63) is 69.7 Å². The zero-order valence-electron chi connectivity index (χ0n) is 18.9. The van der Waals surface area contributed by atoms with E-state index in [4.69, 9.17) is 4.74 Å². The van der Waals surface area contributed by atoms with Crippen LogP contribution in [0.25, 0.3) is 0 Å². The van der Waals surface area contributed by atoms with Crippen molar-refractivity contribution in [2.75, 3.05) is 23.8 Å². The number of amides is 3. The molecule has 1 fully saturated rings. The Balaban J connectivity index is 1.45. The summed E-state index contributed by atoms with van der Waals surface area (Å²) in [7, 11) is 0. The number of carbonyl (C=O) groups is 3. The van der Waals surface area contributed by atoms with E-state index in [-0.39, 0.29) is 29.6 Å². The first kappa shape index (κ1) is 23.4. The summed E-state index contributed by atoms with van der Waals surface area (Å²) >= 11 is 1.17. The lowest BCUT2D eigenvalue weighted by Crippen LogP contribution is -2.34. The molecule has 0 bridgehead atoms. The Labute approximate surface area is 201 Å². The molecule has 1 saturated heterocycles. The van der Waals surface area contributed by atoms with Crippen molar-refractivity contribution in [3.8, 4) is 0 Å². The average molecular weight is 480 g/mol. The van der Waals surface area contributed by atoms with Crippen molar-refractivity contribution in [2.45, 2.75) is 32.7 Å². The summed E-state index contributed by atoms with van der Waals surface area (Å²) in [4.78, 5) is 39.6. The van der Waals surface area contributed by atoms with E-state index in [2.05, 4.69) is 20.8 Å². The standard InChI is InChI=1S/C24H25N5O4S/c1-3-33-23(31)17-7-4-5-8-18(17)26-24(32)29-14-6-9-19(29)21-27-28-22(34-21)20(30)25-16-12-10-15(2)11-13-16/h4-5,7-8,10-13,19H,3,6,9,14H2,1-2H3,(H,25,30)(H,26,32)/t19-/m1/s1. The number of anilines is 2. The molecule has 2 aromatic carbocycles. The number of likely N-dealkylation sites (tertiary alicyclic amines) is 1. The van der Waals surface area contributed by atoms with E-state index < -0.39 is 5.97 Å². The van der Waals surface area contributed by atoms with Crippen LogP contribution in [0.5, 0.6) is 0 Å². The highest BCUT2D eigenvalue weighted by molar-refractivity contribution is 7.13. The minimum Gasteiger partial charge on any atom is -0.462 e. The van der Waals surface area contributed by atoms with Crippen molar-refractivity contribution < 1.29 is 19.1 Å². The molecule has 10 heteroatoms. The van der Waals surface area contributed by atoms with Crippen molar-refractivity contribution in [1.29, 1.82) is 0 Å². The van der Waals surface area contributed by atoms with Crippen LogP contribution in [0.1, 0.15) is 56.5 Å². The second-order valence-corrected chi connectivity index (χ2v) is 8.82. The number of hydrogen-bond acceptors (Lipinski definition) is 7. The van der Waals surface area contributed by atoms with Gasteiger partial charge in [0.15, 0.2) is 0 Å². The lowest BCUT2D eigenvalue weighted by atomic mass is 10.2. The number of carbonyl (C=O) groups excluding carboxylic acids is 3. The molecule has 0 unspecified atom stereocenters. The zero-order chi connectivity index (χ0) is 24.1. The number of para-hydroxylation sites is 1. The normalized spacial score (nSPS) is 15.1. The van der Waals surface area contributed by atoms with Crippen LogP contribution in [0.15, 0.2) is 48.5 Å². The fraction of sp³-hybridized carbons (Fsp3) is 0.292.